The number of aliphatic imine (C=N–C) groups is 1. The molecule has 0 saturated carbocycles. The van der Waals surface area contributed by atoms with Gasteiger partial charge in [0.1, 0.15) is 5.75 Å². The van der Waals surface area contributed by atoms with E-state index in [4.69, 9.17) is 15.2 Å². The van der Waals surface area contributed by atoms with Gasteiger partial charge in [-0.3, -0.25) is 4.99 Å². The maximum atomic E-state index is 5.73. The maximum absolute atomic E-state index is 5.73. The number of benzene rings is 1. The third-order valence-corrected chi connectivity index (χ3v) is 2.67. The zero-order valence-electron chi connectivity index (χ0n) is 12.8. The van der Waals surface area contributed by atoms with Gasteiger partial charge in [0.2, 0.25) is 0 Å². The van der Waals surface area contributed by atoms with Crippen molar-refractivity contribution >= 4 is 29.9 Å². The van der Waals surface area contributed by atoms with Crippen LogP contribution in [-0.4, -0.2) is 39.4 Å². The van der Waals surface area contributed by atoms with Crippen molar-refractivity contribution < 1.29 is 9.47 Å². The van der Waals surface area contributed by atoms with Gasteiger partial charge in [0.05, 0.1) is 19.8 Å². The summed E-state index contributed by atoms with van der Waals surface area (Å²) < 4.78 is 10.5. The van der Waals surface area contributed by atoms with Crippen LogP contribution in [0.2, 0.25) is 0 Å². The molecule has 5 nitrogen and oxygen atoms in total. The lowest BCUT2D eigenvalue weighted by atomic mass is 10.1. The first kappa shape index (κ1) is 20.0. The van der Waals surface area contributed by atoms with Crippen LogP contribution in [0.1, 0.15) is 18.9 Å². The van der Waals surface area contributed by atoms with Gasteiger partial charge in [0, 0.05) is 13.7 Å². The van der Waals surface area contributed by atoms with Gasteiger partial charge in [-0.2, -0.15) is 0 Å². The van der Waals surface area contributed by atoms with Crippen molar-refractivity contribution in [1.82, 2.24) is 5.32 Å². The molecule has 0 spiro atoms. The fourth-order valence-electron chi connectivity index (χ4n) is 1.66. The smallest absolute Gasteiger partial charge is 0.188 e. The molecule has 21 heavy (non-hydrogen) atoms. The van der Waals surface area contributed by atoms with Gasteiger partial charge in [-0.15, -0.1) is 24.0 Å². The highest BCUT2D eigenvalue weighted by atomic mass is 127. The molecule has 6 heteroatoms. The number of nitrogens with two attached hydrogens (primary N) is 1. The van der Waals surface area contributed by atoms with E-state index in [1.165, 1.54) is 5.56 Å². The number of halogens is 1. The van der Waals surface area contributed by atoms with Gasteiger partial charge in [-0.25, -0.2) is 0 Å². The first-order chi connectivity index (χ1) is 9.76. The van der Waals surface area contributed by atoms with E-state index >= 15 is 0 Å². The van der Waals surface area contributed by atoms with Crippen LogP contribution in [0.3, 0.4) is 0 Å². The molecule has 0 saturated heterocycles. The SMILES string of the molecule is CCCOc1cccc(CCNC(N)=NCCOC)c1.I. The first-order valence-corrected chi connectivity index (χ1v) is 7.00. The van der Waals surface area contributed by atoms with Gasteiger partial charge in [-0.1, -0.05) is 19.1 Å². The van der Waals surface area contributed by atoms with E-state index in [1.807, 2.05) is 12.1 Å². The summed E-state index contributed by atoms with van der Waals surface area (Å²) in [5.41, 5.74) is 6.95. The Morgan fingerprint density at radius 2 is 2.14 bits per heavy atom. The van der Waals surface area contributed by atoms with E-state index in [0.29, 0.717) is 19.1 Å². The summed E-state index contributed by atoms with van der Waals surface area (Å²) in [6.45, 7) is 4.76. The van der Waals surface area contributed by atoms with Gasteiger partial charge in [0.15, 0.2) is 5.96 Å². The van der Waals surface area contributed by atoms with Gasteiger partial charge < -0.3 is 20.5 Å². The van der Waals surface area contributed by atoms with Crippen molar-refractivity contribution in [3.63, 3.8) is 0 Å². The van der Waals surface area contributed by atoms with E-state index in [-0.39, 0.29) is 24.0 Å². The summed E-state index contributed by atoms with van der Waals surface area (Å²) in [6, 6.07) is 8.14. The number of hydrogen-bond donors (Lipinski definition) is 2. The minimum Gasteiger partial charge on any atom is -0.494 e. The molecule has 0 aliphatic carbocycles. The molecule has 0 radical (unpaired) electrons. The average molecular weight is 407 g/mol. The quantitative estimate of drug-likeness (QED) is 0.285. The van der Waals surface area contributed by atoms with Crippen molar-refractivity contribution in [3.05, 3.63) is 29.8 Å². The van der Waals surface area contributed by atoms with Crippen LogP contribution in [-0.2, 0) is 11.2 Å². The fraction of sp³-hybridized carbons (Fsp3) is 0.533. The van der Waals surface area contributed by atoms with E-state index in [0.717, 1.165) is 31.7 Å². The van der Waals surface area contributed by atoms with Gasteiger partial charge in [0.25, 0.3) is 0 Å². The largest absolute Gasteiger partial charge is 0.494 e. The fourth-order valence-corrected chi connectivity index (χ4v) is 1.66. The Bertz CT molecular complexity index is 414. The van der Waals surface area contributed by atoms with E-state index in [1.54, 1.807) is 7.11 Å². The molecule has 1 aromatic rings. The average Bonchev–Trinajstić information content (AvgIpc) is 2.46. The lowest BCUT2D eigenvalue weighted by Gasteiger charge is -2.08. The lowest BCUT2D eigenvalue weighted by Crippen LogP contribution is -2.33. The molecule has 120 valence electrons. The Hall–Kier alpha value is -1.02. The Labute approximate surface area is 144 Å². The summed E-state index contributed by atoms with van der Waals surface area (Å²) in [6.07, 6.45) is 1.89. The summed E-state index contributed by atoms with van der Waals surface area (Å²) in [5, 5.41) is 3.08. The maximum Gasteiger partial charge on any atom is 0.188 e. The molecule has 0 fully saturated rings. The van der Waals surface area contributed by atoms with E-state index < -0.39 is 0 Å². The predicted octanol–water partition coefficient (Wildman–Crippen LogP) is 2.19. The van der Waals surface area contributed by atoms with Crippen molar-refractivity contribution in [2.24, 2.45) is 10.7 Å². The molecule has 0 heterocycles. The summed E-state index contributed by atoms with van der Waals surface area (Å²) >= 11 is 0. The molecular weight excluding hydrogens is 381 g/mol. The Balaban J connectivity index is 0.00000400. The minimum atomic E-state index is 0. The normalized spacial score (nSPS) is 10.9. The molecule has 0 atom stereocenters. The standard InChI is InChI=1S/C15H25N3O2.HI/c1-3-10-20-14-6-4-5-13(12-14)7-8-17-15(16)18-9-11-19-2;/h4-6,12H,3,7-11H2,1-2H3,(H3,16,17,18);1H. The van der Waals surface area contributed by atoms with Crippen LogP contribution < -0.4 is 15.8 Å². The van der Waals surface area contributed by atoms with Crippen LogP contribution in [0.4, 0.5) is 0 Å². The number of guanidine groups is 1. The number of nitrogens with zero attached hydrogens (tertiary/aromatic N) is 1. The van der Waals surface area contributed by atoms with Crippen LogP contribution >= 0.6 is 24.0 Å². The number of methoxy groups -OCH3 is 1. The summed E-state index contributed by atoms with van der Waals surface area (Å²) in [5.74, 6) is 1.38. The third-order valence-electron chi connectivity index (χ3n) is 2.67. The number of hydrogen-bond acceptors (Lipinski definition) is 3. The molecule has 1 aromatic carbocycles. The number of nitrogens with one attached hydrogen (secondary N) is 1. The van der Waals surface area contributed by atoms with Crippen molar-refractivity contribution in [2.45, 2.75) is 19.8 Å². The molecule has 0 unspecified atom stereocenters. The zero-order chi connectivity index (χ0) is 14.6. The summed E-state index contributed by atoms with van der Waals surface area (Å²) in [4.78, 5) is 4.14. The van der Waals surface area contributed by atoms with Crippen LogP contribution in [0.5, 0.6) is 5.75 Å². The molecule has 0 aromatic heterocycles. The second kappa shape index (κ2) is 12.7. The van der Waals surface area contributed by atoms with E-state index in [2.05, 4.69) is 29.4 Å². The number of ether oxygens (including phenoxy) is 2. The highest BCUT2D eigenvalue weighted by Gasteiger charge is 1.98. The molecule has 0 amide bonds. The second-order valence-electron chi connectivity index (χ2n) is 4.43. The summed E-state index contributed by atoms with van der Waals surface area (Å²) in [7, 11) is 1.65. The lowest BCUT2D eigenvalue weighted by molar-refractivity contribution is 0.208. The van der Waals surface area contributed by atoms with Gasteiger partial charge in [-0.05, 0) is 30.5 Å². The Morgan fingerprint density at radius 3 is 2.86 bits per heavy atom. The second-order valence-corrected chi connectivity index (χ2v) is 4.43. The highest BCUT2D eigenvalue weighted by Crippen LogP contribution is 2.13. The third kappa shape index (κ3) is 9.52. The minimum absolute atomic E-state index is 0. The van der Waals surface area contributed by atoms with Crippen molar-refractivity contribution in [2.75, 3.05) is 33.4 Å². The van der Waals surface area contributed by atoms with Crippen molar-refractivity contribution in [1.29, 1.82) is 0 Å². The van der Waals surface area contributed by atoms with Crippen molar-refractivity contribution in [3.8, 4) is 5.75 Å². The van der Waals surface area contributed by atoms with Gasteiger partial charge >= 0.3 is 0 Å². The monoisotopic (exact) mass is 407 g/mol. The molecular formula is C15H26IN3O2. The first-order valence-electron chi connectivity index (χ1n) is 7.00. The molecule has 3 N–H and O–H groups in total. The Kier molecular flexibility index (Phi) is 12.1. The predicted molar refractivity (Wildman–Crippen MR) is 97.7 cm³/mol. The van der Waals surface area contributed by atoms with Crippen LogP contribution in [0, 0.1) is 0 Å². The molecule has 0 aliphatic rings. The highest BCUT2D eigenvalue weighted by molar-refractivity contribution is 14.0. The molecule has 0 bridgehead atoms. The Morgan fingerprint density at radius 1 is 1.33 bits per heavy atom. The van der Waals surface area contributed by atoms with E-state index in [9.17, 15) is 0 Å². The van der Waals surface area contributed by atoms with Crippen LogP contribution in [0.25, 0.3) is 0 Å². The zero-order valence-corrected chi connectivity index (χ0v) is 15.1. The molecule has 1 rings (SSSR count). The molecule has 0 aliphatic heterocycles. The topological polar surface area (TPSA) is 68.9 Å². The van der Waals surface area contributed by atoms with Crippen LogP contribution in [0.15, 0.2) is 29.3 Å². The number of rotatable bonds is 9.